The van der Waals surface area contributed by atoms with Crippen LogP contribution < -0.4 is 5.32 Å². The summed E-state index contributed by atoms with van der Waals surface area (Å²) < 4.78 is 37.7. The fraction of sp³-hybridized carbons (Fsp3) is 0.200. The van der Waals surface area contributed by atoms with E-state index in [1.54, 1.807) is 24.1 Å². The number of halogens is 1. The number of aryl methyl sites for hydroxylation is 1. The van der Waals surface area contributed by atoms with E-state index in [1.165, 1.54) is 18.2 Å². The average Bonchev–Trinajstić information content (AvgIpc) is 2.93. The fourth-order valence-corrected chi connectivity index (χ4v) is 2.59. The molecule has 2 rings (SSSR count). The van der Waals surface area contributed by atoms with E-state index in [0.717, 1.165) is 5.41 Å². The minimum atomic E-state index is -3.44. The number of rotatable bonds is 6. The van der Waals surface area contributed by atoms with Crippen molar-refractivity contribution in [1.29, 1.82) is 0 Å². The van der Waals surface area contributed by atoms with Crippen LogP contribution in [0, 0.1) is 5.82 Å². The Bertz CT molecular complexity index is 843. The molecule has 0 aliphatic rings. The molecule has 122 valence electrons. The molecule has 8 heteroatoms. The second kappa shape index (κ2) is 6.74. The van der Waals surface area contributed by atoms with Gasteiger partial charge in [0, 0.05) is 41.9 Å². The highest BCUT2D eigenvalue weighted by molar-refractivity contribution is 7.94. The summed E-state index contributed by atoms with van der Waals surface area (Å²) >= 11 is 0. The molecule has 1 aromatic carbocycles. The van der Waals surface area contributed by atoms with Crippen LogP contribution in [0.5, 0.6) is 0 Å². The van der Waals surface area contributed by atoms with Gasteiger partial charge >= 0.3 is 0 Å². The number of nitrogens with zero attached hydrogens (tertiary/aromatic N) is 2. The smallest absolute Gasteiger partial charge is 0.225 e. The van der Waals surface area contributed by atoms with Crippen molar-refractivity contribution in [2.24, 2.45) is 7.05 Å². The van der Waals surface area contributed by atoms with E-state index >= 15 is 0 Å². The molecule has 0 fully saturated rings. The lowest BCUT2D eigenvalue weighted by Gasteiger charge is -2.10. The van der Waals surface area contributed by atoms with Gasteiger partial charge in [0.2, 0.25) is 5.91 Å². The molecule has 0 aliphatic carbocycles. The van der Waals surface area contributed by atoms with Crippen molar-refractivity contribution in [1.82, 2.24) is 9.78 Å². The molecule has 0 aliphatic heterocycles. The molecule has 0 bridgehead atoms. The normalized spacial score (nSPS) is 11.2. The lowest BCUT2D eigenvalue weighted by atomic mass is 10.1. The lowest BCUT2D eigenvalue weighted by Crippen LogP contribution is -2.16. The molecule has 2 aromatic rings. The predicted molar refractivity (Wildman–Crippen MR) is 85.8 cm³/mol. The van der Waals surface area contributed by atoms with Gasteiger partial charge in [-0.2, -0.15) is 5.10 Å². The van der Waals surface area contributed by atoms with Gasteiger partial charge in [0.15, 0.2) is 9.84 Å². The van der Waals surface area contributed by atoms with Crippen LogP contribution in [-0.4, -0.2) is 29.9 Å². The molecule has 1 heterocycles. The molecule has 0 saturated carbocycles. The van der Waals surface area contributed by atoms with Crippen molar-refractivity contribution in [2.45, 2.75) is 6.42 Å². The van der Waals surface area contributed by atoms with Gasteiger partial charge in [-0.1, -0.05) is 6.58 Å². The summed E-state index contributed by atoms with van der Waals surface area (Å²) in [5, 5.41) is 7.43. The Morgan fingerprint density at radius 3 is 2.83 bits per heavy atom. The van der Waals surface area contributed by atoms with Crippen LogP contribution in [0.15, 0.2) is 42.6 Å². The number of nitrogens with one attached hydrogen (secondary N) is 1. The van der Waals surface area contributed by atoms with Crippen molar-refractivity contribution in [3.63, 3.8) is 0 Å². The van der Waals surface area contributed by atoms with Crippen LogP contribution in [0.2, 0.25) is 0 Å². The first kappa shape index (κ1) is 16.9. The standard InChI is InChI=1S/C15H16FN3O3S/c1-3-23(21,22)7-6-15(20)18-14-5-4-12(16)8-13(14)11-9-17-19(2)10-11/h3-5,8-10H,1,6-7H2,2H3,(H,18,20). The Kier molecular flexibility index (Phi) is 4.95. The van der Waals surface area contributed by atoms with Gasteiger partial charge in [-0.15, -0.1) is 0 Å². The van der Waals surface area contributed by atoms with E-state index in [9.17, 15) is 17.6 Å². The zero-order valence-corrected chi connectivity index (χ0v) is 13.3. The van der Waals surface area contributed by atoms with Gasteiger partial charge in [0.25, 0.3) is 0 Å². The molecule has 0 spiro atoms. The summed E-state index contributed by atoms with van der Waals surface area (Å²) in [7, 11) is -1.72. The number of carbonyl (C=O) groups is 1. The van der Waals surface area contributed by atoms with E-state index in [-0.39, 0.29) is 12.2 Å². The van der Waals surface area contributed by atoms with E-state index in [1.807, 2.05) is 0 Å². The third-order valence-corrected chi connectivity index (χ3v) is 4.42. The lowest BCUT2D eigenvalue weighted by molar-refractivity contribution is -0.115. The second-order valence-corrected chi connectivity index (χ2v) is 6.99. The van der Waals surface area contributed by atoms with E-state index < -0.39 is 21.6 Å². The largest absolute Gasteiger partial charge is 0.325 e. The van der Waals surface area contributed by atoms with Gasteiger partial charge in [0.1, 0.15) is 5.82 Å². The predicted octanol–water partition coefficient (Wildman–Crippen LogP) is 2.11. The summed E-state index contributed by atoms with van der Waals surface area (Å²) in [6, 6.07) is 3.93. The number of benzene rings is 1. The van der Waals surface area contributed by atoms with E-state index in [0.29, 0.717) is 16.8 Å². The third kappa shape index (κ3) is 4.49. The van der Waals surface area contributed by atoms with Crippen LogP contribution >= 0.6 is 0 Å². The SMILES string of the molecule is C=CS(=O)(=O)CCC(=O)Nc1ccc(F)cc1-c1cnn(C)c1. The Hall–Kier alpha value is -2.48. The Balaban J connectivity index is 2.20. The van der Waals surface area contributed by atoms with Gasteiger partial charge in [-0.3, -0.25) is 9.48 Å². The zero-order chi connectivity index (χ0) is 17.0. The van der Waals surface area contributed by atoms with Crippen molar-refractivity contribution in [2.75, 3.05) is 11.1 Å². The maximum absolute atomic E-state index is 13.5. The van der Waals surface area contributed by atoms with Crippen LogP contribution in [0.3, 0.4) is 0 Å². The summed E-state index contributed by atoms with van der Waals surface area (Å²) in [5.74, 6) is -1.26. The van der Waals surface area contributed by atoms with Crippen LogP contribution in [0.1, 0.15) is 6.42 Å². The average molecular weight is 337 g/mol. The maximum Gasteiger partial charge on any atom is 0.225 e. The monoisotopic (exact) mass is 337 g/mol. The van der Waals surface area contributed by atoms with E-state index in [4.69, 9.17) is 0 Å². The number of anilines is 1. The number of sulfone groups is 1. The number of aromatic nitrogens is 2. The summed E-state index contributed by atoms with van der Waals surface area (Å²) in [6.07, 6.45) is 3.03. The molecule has 0 radical (unpaired) electrons. The molecule has 1 N–H and O–H groups in total. The highest BCUT2D eigenvalue weighted by atomic mass is 32.2. The van der Waals surface area contributed by atoms with Gasteiger partial charge < -0.3 is 5.32 Å². The number of hydrogen-bond donors (Lipinski definition) is 1. The van der Waals surface area contributed by atoms with Crippen LogP contribution in [0.4, 0.5) is 10.1 Å². The zero-order valence-electron chi connectivity index (χ0n) is 12.5. The minimum absolute atomic E-state index is 0.210. The highest BCUT2D eigenvalue weighted by Gasteiger charge is 2.13. The first-order chi connectivity index (χ1) is 10.8. The minimum Gasteiger partial charge on any atom is -0.325 e. The van der Waals surface area contributed by atoms with Crippen molar-refractivity contribution in [3.05, 3.63) is 48.4 Å². The van der Waals surface area contributed by atoms with Gasteiger partial charge in [0.05, 0.1) is 11.9 Å². The van der Waals surface area contributed by atoms with Crippen molar-refractivity contribution in [3.8, 4) is 11.1 Å². The summed E-state index contributed by atoms with van der Waals surface area (Å²) in [6.45, 7) is 3.19. The highest BCUT2D eigenvalue weighted by Crippen LogP contribution is 2.28. The molecular weight excluding hydrogens is 321 g/mol. The third-order valence-electron chi connectivity index (χ3n) is 3.14. The first-order valence-electron chi connectivity index (χ1n) is 6.74. The Morgan fingerprint density at radius 2 is 2.22 bits per heavy atom. The number of carbonyl (C=O) groups excluding carboxylic acids is 1. The van der Waals surface area contributed by atoms with Crippen LogP contribution in [-0.2, 0) is 21.7 Å². The number of hydrogen-bond acceptors (Lipinski definition) is 4. The Labute approximate surface area is 133 Å². The molecule has 0 saturated heterocycles. The van der Waals surface area contributed by atoms with Crippen molar-refractivity contribution >= 4 is 21.4 Å². The summed E-state index contributed by atoms with van der Waals surface area (Å²) in [5.41, 5.74) is 1.50. The van der Waals surface area contributed by atoms with E-state index in [2.05, 4.69) is 17.0 Å². The van der Waals surface area contributed by atoms with Gasteiger partial charge in [-0.05, 0) is 18.2 Å². The summed E-state index contributed by atoms with van der Waals surface area (Å²) in [4.78, 5) is 11.9. The second-order valence-electron chi connectivity index (χ2n) is 4.92. The quantitative estimate of drug-likeness (QED) is 0.875. The number of amides is 1. The van der Waals surface area contributed by atoms with Crippen LogP contribution in [0.25, 0.3) is 11.1 Å². The molecule has 6 nitrogen and oxygen atoms in total. The fourth-order valence-electron chi connectivity index (χ4n) is 1.96. The maximum atomic E-state index is 13.5. The van der Waals surface area contributed by atoms with Gasteiger partial charge in [-0.25, -0.2) is 12.8 Å². The molecule has 23 heavy (non-hydrogen) atoms. The molecule has 0 atom stereocenters. The molecule has 1 amide bonds. The Morgan fingerprint density at radius 1 is 1.48 bits per heavy atom. The molecule has 0 unspecified atom stereocenters. The first-order valence-corrected chi connectivity index (χ1v) is 8.46. The molecule has 1 aromatic heterocycles. The van der Waals surface area contributed by atoms with Crippen molar-refractivity contribution < 1.29 is 17.6 Å². The molecular formula is C15H16FN3O3S. The topological polar surface area (TPSA) is 81.1 Å².